The number of aryl methyl sites for hydroxylation is 1. The second-order valence-corrected chi connectivity index (χ2v) is 3.22. The van der Waals surface area contributed by atoms with Crippen molar-refractivity contribution in [3.05, 3.63) is 29.8 Å². The van der Waals surface area contributed by atoms with Crippen molar-refractivity contribution in [2.24, 2.45) is 0 Å². The zero-order valence-corrected chi connectivity index (χ0v) is 8.51. The van der Waals surface area contributed by atoms with Gasteiger partial charge in [0.1, 0.15) is 0 Å². The van der Waals surface area contributed by atoms with E-state index in [0.717, 1.165) is 18.7 Å². The molecule has 1 aromatic rings. The van der Waals surface area contributed by atoms with Crippen LogP contribution in [-0.4, -0.2) is 6.54 Å². The fourth-order valence-corrected chi connectivity index (χ4v) is 1.22. The maximum Gasteiger partial charge on any atom is 0.0467 e. The van der Waals surface area contributed by atoms with Crippen LogP contribution in [0.1, 0.15) is 19.4 Å². The van der Waals surface area contributed by atoms with Gasteiger partial charge in [-0.05, 0) is 31.0 Å². The Morgan fingerprint density at radius 3 is 2.17 bits per heavy atom. The number of nitrogens with zero attached hydrogens (tertiary/aromatic N) is 1. The molecule has 0 saturated heterocycles. The zero-order valence-electron chi connectivity index (χ0n) is 7.62. The van der Waals surface area contributed by atoms with Crippen LogP contribution in [0.5, 0.6) is 0 Å². The van der Waals surface area contributed by atoms with Gasteiger partial charge in [-0.15, -0.1) is 0 Å². The minimum absolute atomic E-state index is 0.925. The van der Waals surface area contributed by atoms with Gasteiger partial charge in [0.15, 0.2) is 0 Å². The highest BCUT2D eigenvalue weighted by atomic mass is 32.1. The molecule has 0 aliphatic heterocycles. The molecule has 0 heterocycles. The average molecular weight is 181 g/mol. The molecule has 1 aromatic carbocycles. The number of benzene rings is 1. The van der Waals surface area contributed by atoms with Crippen LogP contribution in [-0.2, 0) is 6.42 Å². The first kappa shape index (κ1) is 9.46. The highest BCUT2D eigenvalue weighted by Gasteiger charge is 1.97. The summed E-state index contributed by atoms with van der Waals surface area (Å²) in [6, 6.07) is 8.51. The summed E-state index contributed by atoms with van der Waals surface area (Å²) in [6.07, 6.45) is 1.10. The molecule has 1 rings (SSSR count). The maximum atomic E-state index is 4.32. The van der Waals surface area contributed by atoms with Gasteiger partial charge in [-0.3, -0.25) is 0 Å². The van der Waals surface area contributed by atoms with Crippen LogP contribution in [0.25, 0.3) is 0 Å². The van der Waals surface area contributed by atoms with Gasteiger partial charge in [0.2, 0.25) is 0 Å². The molecular formula is C10H15NS. The molecule has 0 aliphatic carbocycles. The largest absolute Gasteiger partial charge is 0.319 e. The second kappa shape index (κ2) is 4.41. The number of rotatable bonds is 3. The number of anilines is 1. The quantitative estimate of drug-likeness (QED) is 0.702. The van der Waals surface area contributed by atoms with Gasteiger partial charge in [0, 0.05) is 12.2 Å². The molecule has 0 aliphatic rings. The summed E-state index contributed by atoms with van der Waals surface area (Å²) in [4.78, 5) is 0. The fraction of sp³-hybridized carbons (Fsp3) is 0.400. The van der Waals surface area contributed by atoms with Crippen LogP contribution in [0.2, 0.25) is 0 Å². The molecule has 0 atom stereocenters. The molecule has 2 heteroatoms. The van der Waals surface area contributed by atoms with Gasteiger partial charge in [0.05, 0.1) is 0 Å². The number of hydrogen-bond donors (Lipinski definition) is 1. The van der Waals surface area contributed by atoms with Gasteiger partial charge >= 0.3 is 0 Å². The Hall–Kier alpha value is -0.630. The molecule has 12 heavy (non-hydrogen) atoms. The first-order valence-electron chi connectivity index (χ1n) is 4.33. The van der Waals surface area contributed by atoms with E-state index in [2.05, 4.69) is 50.9 Å². The molecule has 0 amide bonds. The van der Waals surface area contributed by atoms with Crippen molar-refractivity contribution < 1.29 is 0 Å². The van der Waals surface area contributed by atoms with Gasteiger partial charge in [-0.2, -0.15) is 0 Å². The van der Waals surface area contributed by atoms with Gasteiger partial charge in [-0.1, -0.05) is 31.9 Å². The van der Waals surface area contributed by atoms with E-state index in [1.807, 2.05) is 4.31 Å². The summed E-state index contributed by atoms with van der Waals surface area (Å²) in [5, 5.41) is 0. The summed E-state index contributed by atoms with van der Waals surface area (Å²) >= 11 is 4.32. The van der Waals surface area contributed by atoms with E-state index < -0.39 is 0 Å². The average Bonchev–Trinajstić information content (AvgIpc) is 2.17. The van der Waals surface area contributed by atoms with Crippen molar-refractivity contribution in [2.45, 2.75) is 20.3 Å². The van der Waals surface area contributed by atoms with Gasteiger partial charge < -0.3 is 4.31 Å². The molecule has 0 spiro atoms. The van der Waals surface area contributed by atoms with Crippen LogP contribution in [0.4, 0.5) is 5.69 Å². The lowest BCUT2D eigenvalue weighted by Crippen LogP contribution is -2.08. The second-order valence-electron chi connectivity index (χ2n) is 2.74. The van der Waals surface area contributed by atoms with Crippen LogP contribution in [0.15, 0.2) is 24.3 Å². The van der Waals surface area contributed by atoms with E-state index in [4.69, 9.17) is 0 Å². The Morgan fingerprint density at radius 2 is 1.75 bits per heavy atom. The van der Waals surface area contributed by atoms with Crippen molar-refractivity contribution >= 4 is 18.5 Å². The summed E-state index contributed by atoms with van der Waals surface area (Å²) in [5.41, 5.74) is 2.54. The van der Waals surface area contributed by atoms with Crippen molar-refractivity contribution in [1.29, 1.82) is 0 Å². The third-order valence-electron chi connectivity index (χ3n) is 1.94. The Bertz CT molecular complexity index is 230. The summed E-state index contributed by atoms with van der Waals surface area (Å²) < 4.78 is 1.93. The van der Waals surface area contributed by atoms with Crippen molar-refractivity contribution in [1.82, 2.24) is 0 Å². The molecule has 0 aromatic heterocycles. The monoisotopic (exact) mass is 181 g/mol. The highest BCUT2D eigenvalue weighted by molar-refractivity contribution is 7.81. The summed E-state index contributed by atoms with van der Waals surface area (Å²) in [6.45, 7) is 5.17. The van der Waals surface area contributed by atoms with E-state index in [1.165, 1.54) is 5.56 Å². The predicted octanol–water partition coefficient (Wildman–Crippen LogP) is 2.92. The van der Waals surface area contributed by atoms with E-state index in [-0.39, 0.29) is 0 Å². The Morgan fingerprint density at radius 1 is 1.17 bits per heavy atom. The van der Waals surface area contributed by atoms with Crippen LogP contribution in [0, 0.1) is 0 Å². The third-order valence-corrected chi connectivity index (χ3v) is 2.46. The number of hydrogen-bond acceptors (Lipinski definition) is 2. The van der Waals surface area contributed by atoms with Crippen LogP contribution in [0.3, 0.4) is 0 Å². The summed E-state index contributed by atoms with van der Waals surface area (Å²) in [5.74, 6) is 0. The van der Waals surface area contributed by atoms with Gasteiger partial charge in [-0.25, -0.2) is 0 Å². The van der Waals surface area contributed by atoms with Crippen molar-refractivity contribution in [3.8, 4) is 0 Å². The number of thiol groups is 1. The molecule has 0 unspecified atom stereocenters. The lowest BCUT2D eigenvalue weighted by molar-refractivity contribution is 1.10. The molecule has 0 radical (unpaired) electrons. The minimum atomic E-state index is 0.925. The van der Waals surface area contributed by atoms with Crippen molar-refractivity contribution in [2.75, 3.05) is 10.8 Å². The van der Waals surface area contributed by atoms with Crippen molar-refractivity contribution in [3.63, 3.8) is 0 Å². The smallest absolute Gasteiger partial charge is 0.0467 e. The molecule has 0 saturated carbocycles. The third kappa shape index (κ3) is 2.18. The Labute approximate surface area is 79.9 Å². The van der Waals surface area contributed by atoms with E-state index in [0.29, 0.717) is 0 Å². The Balaban J connectivity index is 2.77. The molecule has 1 nitrogen and oxygen atoms in total. The maximum absolute atomic E-state index is 4.32. The lowest BCUT2D eigenvalue weighted by Gasteiger charge is -2.14. The predicted molar refractivity (Wildman–Crippen MR) is 57.8 cm³/mol. The highest BCUT2D eigenvalue weighted by Crippen LogP contribution is 2.16. The van der Waals surface area contributed by atoms with Gasteiger partial charge in [0.25, 0.3) is 0 Å². The summed E-state index contributed by atoms with van der Waals surface area (Å²) in [7, 11) is 0. The normalized spacial score (nSPS) is 9.92. The van der Waals surface area contributed by atoms with Crippen LogP contribution < -0.4 is 4.31 Å². The van der Waals surface area contributed by atoms with E-state index in [9.17, 15) is 0 Å². The first-order chi connectivity index (χ1) is 5.77. The molecule has 66 valence electrons. The van der Waals surface area contributed by atoms with Crippen LogP contribution >= 0.6 is 12.8 Å². The molecule has 0 fully saturated rings. The fourth-order valence-electron chi connectivity index (χ4n) is 1.09. The van der Waals surface area contributed by atoms with E-state index >= 15 is 0 Å². The Kier molecular flexibility index (Phi) is 3.48. The van der Waals surface area contributed by atoms with E-state index in [1.54, 1.807) is 0 Å². The lowest BCUT2D eigenvalue weighted by atomic mass is 10.1. The minimum Gasteiger partial charge on any atom is -0.319 e. The first-order valence-corrected chi connectivity index (χ1v) is 4.73. The zero-order chi connectivity index (χ0) is 8.97. The molecule has 0 bridgehead atoms. The topological polar surface area (TPSA) is 3.24 Å². The standard InChI is InChI=1S/C10H15NS/c1-3-9-5-7-10(8-6-9)11(12)4-2/h5-8,12H,3-4H2,1-2H3. The SMILES string of the molecule is CCc1ccc(N(S)CC)cc1. The molecular weight excluding hydrogens is 166 g/mol. The molecule has 0 N–H and O–H groups in total.